The number of benzene rings is 2. The number of rotatable bonds is 9. The Balaban J connectivity index is 1.90. The van der Waals surface area contributed by atoms with E-state index in [2.05, 4.69) is 5.32 Å². The molecule has 0 saturated heterocycles. The van der Waals surface area contributed by atoms with Gasteiger partial charge in [0.05, 0.1) is 0 Å². The zero-order chi connectivity index (χ0) is 21.4. The molecule has 1 amide bonds. The van der Waals surface area contributed by atoms with Crippen LogP contribution < -0.4 is 10.0 Å². The van der Waals surface area contributed by atoms with Crippen molar-refractivity contribution in [2.45, 2.75) is 31.6 Å². The summed E-state index contributed by atoms with van der Waals surface area (Å²) in [5.74, 6) is -2.43. The van der Waals surface area contributed by atoms with Crippen molar-refractivity contribution in [2.24, 2.45) is 0 Å². The second-order valence-electron chi connectivity index (χ2n) is 6.12. The molecule has 0 spiro atoms. The number of halogens is 1. The highest BCUT2D eigenvalue weighted by Crippen LogP contribution is 2.22. The molecule has 0 aliphatic carbocycles. The topological polar surface area (TPSA) is 102 Å². The van der Waals surface area contributed by atoms with Crippen molar-refractivity contribution in [1.29, 1.82) is 0 Å². The van der Waals surface area contributed by atoms with E-state index in [-0.39, 0.29) is 0 Å². The van der Waals surface area contributed by atoms with Crippen molar-refractivity contribution in [3.63, 3.8) is 0 Å². The van der Waals surface area contributed by atoms with Crippen molar-refractivity contribution in [2.75, 3.05) is 18.5 Å². The van der Waals surface area contributed by atoms with Crippen LogP contribution in [0.1, 0.15) is 25.0 Å². The van der Waals surface area contributed by atoms with E-state index < -0.39 is 45.8 Å². The molecule has 2 N–H and O–H groups in total. The Labute approximate surface area is 169 Å². The Hall–Kier alpha value is -2.78. The van der Waals surface area contributed by atoms with E-state index in [1.807, 2.05) is 36.8 Å². The Kier molecular flexibility index (Phi) is 7.86. The molecular formula is C20H23FN2O5S. The summed E-state index contributed by atoms with van der Waals surface area (Å²) < 4.78 is 44.4. The average Bonchev–Trinajstić information content (AvgIpc) is 2.71. The monoisotopic (exact) mass is 422 g/mol. The van der Waals surface area contributed by atoms with Gasteiger partial charge in [-0.2, -0.15) is 4.72 Å². The summed E-state index contributed by atoms with van der Waals surface area (Å²) in [6.45, 7) is 2.63. The molecule has 2 rings (SSSR count). The summed E-state index contributed by atoms with van der Waals surface area (Å²) in [5.41, 5.74) is 2.61. The van der Waals surface area contributed by atoms with E-state index in [9.17, 15) is 22.4 Å². The van der Waals surface area contributed by atoms with Crippen LogP contribution in [0.15, 0.2) is 47.4 Å². The molecule has 0 aromatic heterocycles. The van der Waals surface area contributed by atoms with Gasteiger partial charge in [-0.25, -0.2) is 12.8 Å². The van der Waals surface area contributed by atoms with Crippen LogP contribution >= 0.6 is 0 Å². The number of aryl methyl sites for hydroxylation is 2. The summed E-state index contributed by atoms with van der Waals surface area (Å²) in [6, 6.07) is 10.5. The molecular weight excluding hydrogens is 399 g/mol. The first kappa shape index (κ1) is 22.5. The number of sulfonamides is 1. The van der Waals surface area contributed by atoms with Crippen molar-refractivity contribution in [3.8, 4) is 0 Å². The molecule has 0 unspecified atom stereocenters. The van der Waals surface area contributed by atoms with E-state index in [0.717, 1.165) is 36.1 Å². The first-order valence-electron chi connectivity index (χ1n) is 9.08. The van der Waals surface area contributed by atoms with Gasteiger partial charge in [0.1, 0.15) is 17.3 Å². The first-order valence-corrected chi connectivity index (χ1v) is 10.6. The number of hydrogen-bond donors (Lipinski definition) is 2. The lowest BCUT2D eigenvalue weighted by Crippen LogP contribution is -2.32. The van der Waals surface area contributed by atoms with Gasteiger partial charge < -0.3 is 10.1 Å². The van der Waals surface area contributed by atoms with Crippen LogP contribution in [-0.4, -0.2) is 33.4 Å². The van der Waals surface area contributed by atoms with Gasteiger partial charge in [-0.3, -0.25) is 9.59 Å². The van der Waals surface area contributed by atoms with Gasteiger partial charge in [0, 0.05) is 5.69 Å². The van der Waals surface area contributed by atoms with Gasteiger partial charge in [-0.1, -0.05) is 44.2 Å². The summed E-state index contributed by atoms with van der Waals surface area (Å²) in [6.07, 6.45) is 1.45. The highest BCUT2D eigenvalue weighted by atomic mass is 32.2. The minimum atomic E-state index is -4.22. The van der Waals surface area contributed by atoms with Crippen molar-refractivity contribution in [3.05, 3.63) is 59.4 Å². The van der Waals surface area contributed by atoms with E-state index >= 15 is 0 Å². The third-order valence-corrected chi connectivity index (χ3v) is 5.59. The molecule has 0 radical (unpaired) electrons. The van der Waals surface area contributed by atoms with E-state index in [1.54, 1.807) is 0 Å². The third kappa shape index (κ3) is 6.10. The Morgan fingerprint density at radius 1 is 1.00 bits per heavy atom. The van der Waals surface area contributed by atoms with Gasteiger partial charge in [-0.15, -0.1) is 0 Å². The molecule has 0 aliphatic heterocycles. The summed E-state index contributed by atoms with van der Waals surface area (Å²) in [5, 5.41) is 2.74. The maximum absolute atomic E-state index is 13.6. The zero-order valence-corrected chi connectivity index (χ0v) is 17.0. The molecule has 0 saturated carbocycles. The van der Waals surface area contributed by atoms with E-state index in [0.29, 0.717) is 5.69 Å². The van der Waals surface area contributed by atoms with Gasteiger partial charge >= 0.3 is 5.97 Å². The zero-order valence-electron chi connectivity index (χ0n) is 16.2. The van der Waals surface area contributed by atoms with Crippen molar-refractivity contribution in [1.82, 2.24) is 4.72 Å². The minimum Gasteiger partial charge on any atom is -0.455 e. The number of nitrogens with one attached hydrogen (secondary N) is 2. The third-order valence-electron chi connectivity index (χ3n) is 4.16. The largest absolute Gasteiger partial charge is 0.455 e. The smallest absolute Gasteiger partial charge is 0.321 e. The quantitative estimate of drug-likeness (QED) is 0.605. The van der Waals surface area contributed by atoms with Crippen LogP contribution in [0.5, 0.6) is 0 Å². The van der Waals surface area contributed by atoms with Crippen LogP contribution in [0, 0.1) is 5.82 Å². The Morgan fingerprint density at radius 3 is 2.21 bits per heavy atom. The van der Waals surface area contributed by atoms with Crippen LogP contribution in [0.3, 0.4) is 0 Å². The predicted octanol–water partition coefficient (Wildman–Crippen LogP) is 2.41. The highest BCUT2D eigenvalue weighted by molar-refractivity contribution is 7.89. The van der Waals surface area contributed by atoms with Gasteiger partial charge in [0.15, 0.2) is 6.61 Å². The van der Waals surface area contributed by atoms with Crippen LogP contribution in [-0.2, 0) is 37.2 Å². The number of para-hydroxylation sites is 1. The Morgan fingerprint density at radius 2 is 1.62 bits per heavy atom. The lowest BCUT2D eigenvalue weighted by molar-refractivity contribution is -0.146. The number of esters is 1. The van der Waals surface area contributed by atoms with E-state index in [4.69, 9.17) is 4.74 Å². The fourth-order valence-corrected chi connectivity index (χ4v) is 3.72. The van der Waals surface area contributed by atoms with Gasteiger partial charge in [0.25, 0.3) is 5.91 Å². The Bertz CT molecular complexity index is 970. The fourth-order valence-electron chi connectivity index (χ4n) is 2.67. The minimum absolute atomic E-state index is 0.536. The molecule has 156 valence electrons. The maximum Gasteiger partial charge on any atom is 0.321 e. The molecule has 0 aliphatic rings. The molecule has 0 fully saturated rings. The number of hydrogen-bond acceptors (Lipinski definition) is 5. The average molecular weight is 422 g/mol. The van der Waals surface area contributed by atoms with E-state index in [1.165, 1.54) is 12.1 Å². The maximum atomic E-state index is 13.6. The van der Waals surface area contributed by atoms with Crippen LogP contribution in [0.4, 0.5) is 10.1 Å². The second-order valence-corrected chi connectivity index (χ2v) is 7.86. The molecule has 7 nitrogen and oxygen atoms in total. The molecule has 2 aromatic rings. The predicted molar refractivity (Wildman–Crippen MR) is 106 cm³/mol. The lowest BCUT2D eigenvalue weighted by Gasteiger charge is -2.14. The normalized spacial score (nSPS) is 11.1. The van der Waals surface area contributed by atoms with Crippen molar-refractivity contribution >= 4 is 27.6 Å². The summed E-state index contributed by atoms with van der Waals surface area (Å²) in [7, 11) is -4.22. The molecule has 9 heteroatoms. The highest BCUT2D eigenvalue weighted by Gasteiger charge is 2.20. The van der Waals surface area contributed by atoms with Crippen LogP contribution in [0.2, 0.25) is 0 Å². The summed E-state index contributed by atoms with van der Waals surface area (Å²) >= 11 is 0. The van der Waals surface area contributed by atoms with Crippen molar-refractivity contribution < 1.29 is 27.1 Å². The summed E-state index contributed by atoms with van der Waals surface area (Å²) in [4.78, 5) is 23.4. The standard InChI is InChI=1S/C20H23FN2O5S/c1-3-14-8-7-9-15(4-2)20(14)23-18(24)13-28-19(25)12-22-29(26,27)17-11-6-5-10-16(17)21/h5-11,22H,3-4,12-13H2,1-2H3,(H,23,24). The first-order chi connectivity index (χ1) is 13.8. The van der Waals surface area contributed by atoms with Gasteiger partial charge in [0.2, 0.25) is 10.0 Å². The number of amides is 1. The SMILES string of the molecule is CCc1cccc(CC)c1NC(=O)COC(=O)CNS(=O)(=O)c1ccccc1F. The number of anilines is 1. The number of carbonyl (C=O) groups is 2. The fraction of sp³-hybridized carbons (Fsp3) is 0.300. The molecule has 0 bridgehead atoms. The lowest BCUT2D eigenvalue weighted by atomic mass is 10.0. The number of carbonyl (C=O) groups excluding carboxylic acids is 2. The number of ether oxygens (including phenoxy) is 1. The second kappa shape index (κ2) is 10.1. The van der Waals surface area contributed by atoms with Gasteiger partial charge in [-0.05, 0) is 36.1 Å². The molecule has 0 heterocycles. The van der Waals surface area contributed by atoms with Crippen LogP contribution in [0.25, 0.3) is 0 Å². The molecule has 2 aromatic carbocycles. The molecule has 0 atom stereocenters. The molecule has 29 heavy (non-hydrogen) atoms.